The Kier molecular flexibility index (Phi) is 8.69. The van der Waals surface area contributed by atoms with Crippen LogP contribution in [0.4, 0.5) is 14.5 Å². The summed E-state index contributed by atoms with van der Waals surface area (Å²) in [7, 11) is 2.15. The number of aryl methyl sites for hydroxylation is 1. The van der Waals surface area contributed by atoms with Gasteiger partial charge in [-0.2, -0.15) is 0 Å². The fourth-order valence-electron chi connectivity index (χ4n) is 5.18. The average Bonchev–Trinajstić information content (AvgIpc) is 3.16. The fourth-order valence-corrected chi connectivity index (χ4v) is 5.18. The normalized spacial score (nSPS) is 15.8. The van der Waals surface area contributed by atoms with E-state index in [2.05, 4.69) is 29.4 Å². The Morgan fingerprint density at radius 2 is 1.82 bits per heavy atom. The zero-order valence-corrected chi connectivity index (χ0v) is 22.2. The predicted octanol–water partition coefficient (Wildman–Crippen LogP) is 6.51. The van der Waals surface area contributed by atoms with Crippen molar-refractivity contribution in [2.45, 2.75) is 51.3 Å². The second-order valence-electron chi connectivity index (χ2n) is 10.3. The minimum atomic E-state index is -0.636. The van der Waals surface area contributed by atoms with Crippen LogP contribution in [0.1, 0.15) is 47.9 Å². The van der Waals surface area contributed by atoms with Gasteiger partial charge < -0.3 is 14.8 Å². The summed E-state index contributed by atoms with van der Waals surface area (Å²) in [5, 5.41) is 3.05. The molecule has 0 aromatic heterocycles. The monoisotopic (exact) mass is 532 g/mol. The van der Waals surface area contributed by atoms with Crippen molar-refractivity contribution in [3.8, 4) is 5.75 Å². The smallest absolute Gasteiger partial charge is 0.251 e. The number of hydrogen-bond acceptors (Lipinski definition) is 4. The van der Waals surface area contributed by atoms with Crippen LogP contribution >= 0.6 is 0 Å². The topological polar surface area (TPSA) is 50.8 Å². The maximum atomic E-state index is 14.0. The first-order valence-electron chi connectivity index (χ1n) is 13.5. The second kappa shape index (κ2) is 12.5. The molecule has 1 saturated heterocycles. The number of benzene rings is 3. The number of halogens is 2. The summed E-state index contributed by atoms with van der Waals surface area (Å²) >= 11 is 0. The van der Waals surface area contributed by atoms with E-state index in [4.69, 9.17) is 9.47 Å². The lowest BCUT2D eigenvalue weighted by Gasteiger charge is -2.31. The molecule has 0 bridgehead atoms. The molecule has 1 aliphatic carbocycles. The average molecular weight is 533 g/mol. The van der Waals surface area contributed by atoms with Gasteiger partial charge in [-0.25, -0.2) is 8.78 Å². The van der Waals surface area contributed by atoms with Crippen molar-refractivity contribution >= 4 is 17.7 Å². The standard InChI is InChI=1S/C32H34F2N2O3/c1-36(29-13-15-38-16-14-29)20-22-5-10-28(11-6-22)35-32(37)24-4-2-3-23-8-12-30(18-26(23)17-24)39-21-25-7-9-27(33)19-31(25)34/h5-12,17-19,29H,2-4,13-16,20-21H2,1H3,(H,35,37). The van der Waals surface area contributed by atoms with E-state index in [1.54, 1.807) is 0 Å². The van der Waals surface area contributed by atoms with E-state index < -0.39 is 11.6 Å². The molecule has 7 heteroatoms. The van der Waals surface area contributed by atoms with Crippen molar-refractivity contribution in [1.82, 2.24) is 4.90 Å². The third-order valence-electron chi connectivity index (χ3n) is 7.50. The number of amides is 1. The summed E-state index contributed by atoms with van der Waals surface area (Å²) in [4.78, 5) is 15.5. The van der Waals surface area contributed by atoms with Crippen LogP contribution in [0, 0.1) is 11.6 Å². The molecule has 204 valence electrons. The first kappa shape index (κ1) is 27.0. The second-order valence-corrected chi connectivity index (χ2v) is 10.3. The molecule has 0 unspecified atom stereocenters. The molecule has 0 radical (unpaired) electrons. The molecule has 1 amide bonds. The van der Waals surface area contributed by atoms with Gasteiger partial charge in [0.15, 0.2) is 0 Å². The van der Waals surface area contributed by atoms with E-state index in [0.29, 0.717) is 23.8 Å². The Bertz CT molecular complexity index is 1330. The quantitative estimate of drug-likeness (QED) is 0.359. The zero-order chi connectivity index (χ0) is 27.2. The maximum Gasteiger partial charge on any atom is 0.251 e. The van der Waals surface area contributed by atoms with Gasteiger partial charge in [0.2, 0.25) is 0 Å². The minimum absolute atomic E-state index is 0.0111. The Labute approximate surface area is 228 Å². The highest BCUT2D eigenvalue weighted by Gasteiger charge is 2.19. The summed E-state index contributed by atoms with van der Waals surface area (Å²) in [6, 6.07) is 17.7. The Morgan fingerprint density at radius 1 is 1.03 bits per heavy atom. The lowest BCUT2D eigenvalue weighted by atomic mass is 10.0. The van der Waals surface area contributed by atoms with Gasteiger partial charge in [-0.3, -0.25) is 9.69 Å². The molecular formula is C32H34F2N2O3. The number of nitrogens with one attached hydrogen (secondary N) is 1. The highest BCUT2D eigenvalue weighted by atomic mass is 19.1. The lowest BCUT2D eigenvalue weighted by molar-refractivity contribution is -0.112. The van der Waals surface area contributed by atoms with E-state index in [1.165, 1.54) is 17.7 Å². The molecule has 39 heavy (non-hydrogen) atoms. The summed E-state index contributed by atoms with van der Waals surface area (Å²) < 4.78 is 38.4. The minimum Gasteiger partial charge on any atom is -0.489 e. The van der Waals surface area contributed by atoms with Crippen LogP contribution in [0.15, 0.2) is 66.2 Å². The molecule has 1 N–H and O–H groups in total. The molecule has 2 aliphatic rings. The van der Waals surface area contributed by atoms with Crippen molar-refractivity contribution in [2.75, 3.05) is 25.6 Å². The molecule has 0 spiro atoms. The fraction of sp³-hybridized carbons (Fsp3) is 0.344. The molecule has 1 fully saturated rings. The number of anilines is 1. The third-order valence-corrected chi connectivity index (χ3v) is 7.50. The van der Waals surface area contributed by atoms with Crippen LogP contribution < -0.4 is 10.1 Å². The Morgan fingerprint density at radius 3 is 2.59 bits per heavy atom. The molecular weight excluding hydrogens is 498 g/mol. The number of rotatable bonds is 8. The van der Waals surface area contributed by atoms with Gasteiger partial charge >= 0.3 is 0 Å². The van der Waals surface area contributed by atoms with E-state index in [-0.39, 0.29) is 18.1 Å². The van der Waals surface area contributed by atoms with E-state index >= 15 is 0 Å². The van der Waals surface area contributed by atoms with Crippen LogP contribution in [-0.4, -0.2) is 37.1 Å². The van der Waals surface area contributed by atoms with Gasteiger partial charge in [-0.15, -0.1) is 0 Å². The molecule has 5 rings (SSSR count). The van der Waals surface area contributed by atoms with Crippen LogP contribution in [0.3, 0.4) is 0 Å². The molecule has 1 aliphatic heterocycles. The van der Waals surface area contributed by atoms with Gasteiger partial charge in [0.25, 0.3) is 5.91 Å². The largest absolute Gasteiger partial charge is 0.489 e. The van der Waals surface area contributed by atoms with Crippen LogP contribution in [0.2, 0.25) is 0 Å². The Hall–Kier alpha value is -3.55. The van der Waals surface area contributed by atoms with Crippen molar-refractivity contribution in [1.29, 1.82) is 0 Å². The number of carbonyl (C=O) groups is 1. The summed E-state index contributed by atoms with van der Waals surface area (Å²) in [6.45, 7) is 2.50. The first-order chi connectivity index (χ1) is 18.9. The number of ether oxygens (including phenoxy) is 2. The summed E-state index contributed by atoms with van der Waals surface area (Å²) in [5.41, 5.74) is 5.01. The highest BCUT2D eigenvalue weighted by Crippen LogP contribution is 2.28. The van der Waals surface area contributed by atoms with Gasteiger partial charge in [0, 0.05) is 48.7 Å². The van der Waals surface area contributed by atoms with E-state index in [0.717, 1.165) is 68.3 Å². The predicted molar refractivity (Wildman–Crippen MR) is 148 cm³/mol. The van der Waals surface area contributed by atoms with Crippen molar-refractivity contribution in [3.63, 3.8) is 0 Å². The van der Waals surface area contributed by atoms with Crippen LogP contribution in [0.25, 0.3) is 6.08 Å². The molecule has 3 aromatic rings. The van der Waals surface area contributed by atoms with Crippen LogP contribution in [0.5, 0.6) is 5.75 Å². The molecule has 0 saturated carbocycles. The van der Waals surface area contributed by atoms with Crippen molar-refractivity contribution in [3.05, 3.63) is 100 Å². The number of fused-ring (bicyclic) bond motifs is 1. The molecule has 0 atom stereocenters. The summed E-state index contributed by atoms with van der Waals surface area (Å²) in [6.07, 6.45) is 6.42. The molecule has 3 aromatic carbocycles. The lowest BCUT2D eigenvalue weighted by Crippen LogP contribution is -2.36. The number of hydrogen-bond donors (Lipinski definition) is 1. The molecule has 5 nitrogen and oxygen atoms in total. The van der Waals surface area contributed by atoms with E-state index in [1.807, 2.05) is 36.4 Å². The third kappa shape index (κ3) is 7.11. The molecule has 1 heterocycles. The zero-order valence-electron chi connectivity index (χ0n) is 22.2. The SMILES string of the molecule is CN(Cc1ccc(NC(=O)C2=Cc3cc(OCc4ccc(F)cc4F)ccc3CCC2)cc1)C1CCOCC1. The van der Waals surface area contributed by atoms with Crippen LogP contribution in [-0.2, 0) is 29.1 Å². The first-order valence-corrected chi connectivity index (χ1v) is 13.5. The number of nitrogens with zero attached hydrogens (tertiary/aromatic N) is 1. The van der Waals surface area contributed by atoms with E-state index in [9.17, 15) is 13.6 Å². The summed E-state index contributed by atoms with van der Waals surface area (Å²) in [5.74, 6) is -0.805. The van der Waals surface area contributed by atoms with Gasteiger partial charge in [0.1, 0.15) is 24.0 Å². The maximum absolute atomic E-state index is 14.0. The van der Waals surface area contributed by atoms with Crippen molar-refractivity contribution < 1.29 is 23.0 Å². The van der Waals surface area contributed by atoms with Crippen molar-refractivity contribution in [2.24, 2.45) is 0 Å². The number of carbonyl (C=O) groups excluding carboxylic acids is 1. The van der Waals surface area contributed by atoms with Gasteiger partial charge in [0.05, 0.1) is 0 Å². The Balaban J connectivity index is 1.22. The van der Waals surface area contributed by atoms with Gasteiger partial charge in [-0.1, -0.05) is 18.2 Å². The van der Waals surface area contributed by atoms with Gasteiger partial charge in [-0.05, 0) is 98.3 Å². The highest BCUT2D eigenvalue weighted by molar-refractivity contribution is 6.07.